The fraction of sp³-hybridized carbons (Fsp3) is 0.515. The van der Waals surface area contributed by atoms with Gasteiger partial charge >= 0.3 is 0 Å². The summed E-state index contributed by atoms with van der Waals surface area (Å²) >= 11 is 1.63. The van der Waals surface area contributed by atoms with Crippen molar-refractivity contribution in [2.45, 2.75) is 64.6 Å². The van der Waals surface area contributed by atoms with Crippen molar-refractivity contribution in [2.24, 2.45) is 17.8 Å². The van der Waals surface area contributed by atoms with Crippen molar-refractivity contribution in [1.82, 2.24) is 9.88 Å². The molecule has 9 heteroatoms. The van der Waals surface area contributed by atoms with Crippen LogP contribution in [0.15, 0.2) is 41.8 Å². The van der Waals surface area contributed by atoms with Crippen molar-refractivity contribution in [3.05, 3.63) is 64.0 Å². The molecule has 5 atom stereocenters. The van der Waals surface area contributed by atoms with Crippen LogP contribution in [0, 0.1) is 31.6 Å². The number of hydrogen-bond acceptors (Lipinski definition) is 8. The number of rotatable bonds is 7. The first-order valence-corrected chi connectivity index (χ1v) is 16.0. The van der Waals surface area contributed by atoms with Gasteiger partial charge < -0.3 is 29.5 Å². The number of thiazole rings is 1. The lowest BCUT2D eigenvalue weighted by molar-refractivity contribution is -0.109. The number of carbonyl (C=O) groups is 1. The number of hydrogen-bond donors (Lipinski definition) is 2. The van der Waals surface area contributed by atoms with Crippen LogP contribution in [0.1, 0.15) is 52.7 Å². The predicted molar refractivity (Wildman–Crippen MR) is 162 cm³/mol. The zero-order valence-corrected chi connectivity index (χ0v) is 25.1. The number of amides is 1. The van der Waals surface area contributed by atoms with E-state index in [1.54, 1.807) is 11.3 Å². The maximum absolute atomic E-state index is 13.2. The SMILES string of the molecule is Cc1ccc(OCc2ccc(C(=O)N3C[C@H]4CC[C@@H](C3)O4)cc2C)c(-c2csc(N3C[C@H]4CC[C@@H](C3)C4C(O)O)n2)c1. The van der Waals surface area contributed by atoms with Crippen molar-refractivity contribution in [3.63, 3.8) is 0 Å². The molecule has 2 N–H and O–H groups in total. The van der Waals surface area contributed by atoms with Gasteiger partial charge in [0.2, 0.25) is 0 Å². The molecular weight excluding hydrogens is 550 g/mol. The van der Waals surface area contributed by atoms with E-state index < -0.39 is 6.29 Å². The van der Waals surface area contributed by atoms with Gasteiger partial charge in [-0.2, -0.15) is 0 Å². The molecule has 2 aromatic carbocycles. The van der Waals surface area contributed by atoms with Gasteiger partial charge in [0.15, 0.2) is 11.4 Å². The molecule has 3 saturated heterocycles. The number of anilines is 1. The molecular formula is C33H39N3O5S. The summed E-state index contributed by atoms with van der Waals surface area (Å²) in [5, 5.41) is 22.8. The first kappa shape index (κ1) is 27.8. The molecule has 1 saturated carbocycles. The lowest BCUT2D eigenvalue weighted by atomic mass is 9.85. The Morgan fingerprint density at radius 1 is 1.02 bits per heavy atom. The minimum absolute atomic E-state index is 0.0254. The Balaban J connectivity index is 1.04. The van der Waals surface area contributed by atoms with Crippen molar-refractivity contribution in [3.8, 4) is 17.0 Å². The fourth-order valence-corrected chi connectivity index (χ4v) is 8.37. The number of benzene rings is 2. The molecule has 1 amide bonds. The minimum atomic E-state index is -1.23. The summed E-state index contributed by atoms with van der Waals surface area (Å²) in [4.78, 5) is 22.5. The third-order valence-electron chi connectivity index (χ3n) is 9.73. The van der Waals surface area contributed by atoms with E-state index in [1.165, 1.54) is 0 Å². The van der Waals surface area contributed by atoms with Crippen LogP contribution in [0.2, 0.25) is 0 Å². The van der Waals surface area contributed by atoms with E-state index in [0.29, 0.717) is 31.5 Å². The standard InChI is InChI=1S/C33H39N3O5S/c1-19-3-10-29(27(11-19)28-18-42-33(34-28)36-13-22-5-6-23(14-36)30(22)32(38)39)40-17-24-7-4-21(12-20(24)2)31(37)35-15-25-8-9-26(16-35)41-25/h3-4,7,10-12,18,22-23,25-26,30,32,38-39H,5-6,8-9,13-17H2,1-2H3/t22-,23+,25-,26+,30?. The van der Waals surface area contributed by atoms with Gasteiger partial charge in [0, 0.05) is 48.6 Å². The van der Waals surface area contributed by atoms with Gasteiger partial charge in [-0.05, 0) is 86.8 Å². The van der Waals surface area contributed by atoms with Gasteiger partial charge in [-0.25, -0.2) is 4.98 Å². The number of piperidine rings is 1. The number of aliphatic hydroxyl groups is 2. The van der Waals surface area contributed by atoms with Gasteiger partial charge in [0.25, 0.3) is 5.91 Å². The first-order chi connectivity index (χ1) is 20.3. The zero-order chi connectivity index (χ0) is 29.0. The number of nitrogens with zero attached hydrogens (tertiary/aromatic N) is 3. The van der Waals surface area contributed by atoms with E-state index in [-0.39, 0.29) is 24.0 Å². The van der Waals surface area contributed by atoms with Gasteiger partial charge in [0.1, 0.15) is 12.4 Å². The molecule has 0 radical (unpaired) electrons. The normalized spacial score (nSPS) is 26.7. The summed E-state index contributed by atoms with van der Waals surface area (Å²) < 4.78 is 12.3. The summed E-state index contributed by atoms with van der Waals surface area (Å²) in [6.45, 7) is 7.49. The highest BCUT2D eigenvalue weighted by molar-refractivity contribution is 7.14. The molecule has 42 heavy (non-hydrogen) atoms. The second-order valence-electron chi connectivity index (χ2n) is 12.6. The highest BCUT2D eigenvalue weighted by Crippen LogP contribution is 2.45. The Morgan fingerprint density at radius 3 is 2.45 bits per heavy atom. The van der Waals surface area contributed by atoms with Gasteiger partial charge in [0.05, 0.1) is 17.9 Å². The van der Waals surface area contributed by atoms with E-state index in [4.69, 9.17) is 14.5 Å². The molecule has 1 unspecified atom stereocenters. The molecule has 7 rings (SSSR count). The monoisotopic (exact) mass is 589 g/mol. The van der Waals surface area contributed by atoms with E-state index in [1.807, 2.05) is 36.1 Å². The van der Waals surface area contributed by atoms with Crippen molar-refractivity contribution in [2.75, 3.05) is 31.1 Å². The van der Waals surface area contributed by atoms with Crippen LogP contribution in [0.4, 0.5) is 5.13 Å². The maximum Gasteiger partial charge on any atom is 0.254 e. The Bertz CT molecular complexity index is 1450. The molecule has 4 fully saturated rings. The fourth-order valence-electron chi connectivity index (χ4n) is 7.52. The average Bonchev–Trinajstić information content (AvgIpc) is 3.68. The van der Waals surface area contributed by atoms with Crippen LogP contribution >= 0.6 is 11.3 Å². The lowest BCUT2D eigenvalue weighted by Gasteiger charge is -2.38. The molecule has 3 aromatic rings. The van der Waals surface area contributed by atoms with E-state index in [0.717, 1.165) is 83.2 Å². The molecule has 1 aromatic heterocycles. The van der Waals surface area contributed by atoms with Crippen molar-refractivity contribution in [1.29, 1.82) is 0 Å². The number of fused-ring (bicyclic) bond motifs is 4. The number of aromatic nitrogens is 1. The highest BCUT2D eigenvalue weighted by atomic mass is 32.1. The molecule has 222 valence electrons. The molecule has 1 aliphatic carbocycles. The average molecular weight is 590 g/mol. The van der Waals surface area contributed by atoms with Crippen molar-refractivity contribution < 1.29 is 24.5 Å². The van der Waals surface area contributed by atoms with Crippen LogP contribution < -0.4 is 9.64 Å². The molecule has 4 aliphatic rings. The summed E-state index contributed by atoms with van der Waals surface area (Å²) in [7, 11) is 0. The van der Waals surface area contributed by atoms with Crippen LogP contribution in [0.5, 0.6) is 5.75 Å². The second-order valence-corrected chi connectivity index (χ2v) is 13.4. The Hall–Kier alpha value is -2.98. The molecule has 8 nitrogen and oxygen atoms in total. The number of carbonyl (C=O) groups excluding carboxylic acids is 1. The van der Waals surface area contributed by atoms with E-state index >= 15 is 0 Å². The molecule has 0 spiro atoms. The smallest absolute Gasteiger partial charge is 0.254 e. The maximum atomic E-state index is 13.2. The van der Waals surface area contributed by atoms with Crippen LogP contribution in [-0.2, 0) is 11.3 Å². The zero-order valence-electron chi connectivity index (χ0n) is 24.2. The number of ether oxygens (including phenoxy) is 2. The third kappa shape index (κ3) is 5.32. The van der Waals surface area contributed by atoms with Gasteiger partial charge in [-0.15, -0.1) is 11.3 Å². The Kier molecular flexibility index (Phi) is 7.46. The minimum Gasteiger partial charge on any atom is -0.488 e. The first-order valence-electron chi connectivity index (χ1n) is 15.2. The summed E-state index contributed by atoms with van der Waals surface area (Å²) in [6, 6.07) is 12.1. The summed E-state index contributed by atoms with van der Waals surface area (Å²) in [5.74, 6) is 1.42. The Labute approximate surface area is 250 Å². The number of aliphatic hydroxyl groups excluding tert-OH is 1. The summed E-state index contributed by atoms with van der Waals surface area (Å²) in [5.41, 5.74) is 5.79. The number of morpholine rings is 1. The highest BCUT2D eigenvalue weighted by Gasteiger charge is 2.45. The largest absolute Gasteiger partial charge is 0.488 e. The topological polar surface area (TPSA) is 95.4 Å². The Morgan fingerprint density at radius 2 is 1.76 bits per heavy atom. The molecule has 4 heterocycles. The van der Waals surface area contributed by atoms with Crippen molar-refractivity contribution >= 4 is 22.4 Å². The van der Waals surface area contributed by atoms with Gasteiger partial charge in [-0.1, -0.05) is 17.7 Å². The summed E-state index contributed by atoms with van der Waals surface area (Å²) in [6.07, 6.45) is 3.30. The van der Waals surface area contributed by atoms with E-state index in [2.05, 4.69) is 29.3 Å². The second kappa shape index (κ2) is 11.3. The molecule has 4 bridgehead atoms. The third-order valence-corrected chi connectivity index (χ3v) is 10.6. The van der Waals surface area contributed by atoms with Crippen LogP contribution in [0.3, 0.4) is 0 Å². The molecule has 3 aliphatic heterocycles. The van der Waals surface area contributed by atoms with Gasteiger partial charge in [-0.3, -0.25) is 4.79 Å². The van der Waals surface area contributed by atoms with Crippen LogP contribution in [-0.4, -0.2) is 70.7 Å². The predicted octanol–water partition coefficient (Wildman–Crippen LogP) is 4.78. The quantitative estimate of drug-likeness (QED) is 0.383. The van der Waals surface area contributed by atoms with Crippen LogP contribution in [0.25, 0.3) is 11.3 Å². The van der Waals surface area contributed by atoms with E-state index in [9.17, 15) is 15.0 Å². The lowest BCUT2D eigenvalue weighted by Crippen LogP contribution is -2.46. The number of likely N-dealkylation sites (tertiary alicyclic amines) is 1. The number of aryl methyl sites for hydroxylation is 2.